The highest BCUT2D eigenvalue weighted by Gasteiger charge is 2.18. The van der Waals surface area contributed by atoms with Crippen LogP contribution in [0.3, 0.4) is 0 Å². The van der Waals surface area contributed by atoms with Gasteiger partial charge in [-0.15, -0.1) is 0 Å². The number of piperidine rings is 1. The third-order valence-corrected chi connectivity index (χ3v) is 2.87. The summed E-state index contributed by atoms with van der Waals surface area (Å²) in [6, 6.07) is 0. The van der Waals surface area contributed by atoms with Crippen molar-refractivity contribution in [2.45, 2.75) is 19.8 Å². The average Bonchev–Trinajstić information content (AvgIpc) is 2.26. The first-order valence-electron chi connectivity index (χ1n) is 5.30. The zero-order valence-corrected chi connectivity index (χ0v) is 9.08. The molecule has 1 rings (SSSR count). The van der Waals surface area contributed by atoms with Crippen LogP contribution in [-0.4, -0.2) is 44.3 Å². The van der Waals surface area contributed by atoms with Crippen LogP contribution in [0.4, 0.5) is 4.79 Å². The highest BCUT2D eigenvalue weighted by Crippen LogP contribution is 2.15. The van der Waals surface area contributed by atoms with Crippen molar-refractivity contribution >= 4 is 6.09 Å². The molecule has 0 aromatic rings. The Balaban J connectivity index is 2.13. The predicted octanol–water partition coefficient (Wildman–Crippen LogP) is 1.07. The van der Waals surface area contributed by atoms with Gasteiger partial charge in [0.2, 0.25) is 0 Å². The highest BCUT2D eigenvalue weighted by molar-refractivity contribution is 5.66. The number of carbonyl (C=O) groups excluding carboxylic acids is 1. The molecule has 0 atom stereocenters. The molecule has 1 amide bonds. The molecule has 1 saturated heterocycles. The van der Waals surface area contributed by atoms with Crippen LogP contribution < -0.4 is 5.32 Å². The standard InChI is InChI=1S/C10H20N2O2/c1-3-12-6-4-9(5-7-12)8-11-10(13)14-2/h9H,3-8H2,1-2H3,(H,11,13). The minimum absolute atomic E-state index is 0.317. The fourth-order valence-electron chi connectivity index (χ4n) is 1.81. The number of amides is 1. The van der Waals surface area contributed by atoms with Gasteiger partial charge in [0, 0.05) is 6.54 Å². The minimum Gasteiger partial charge on any atom is -0.453 e. The summed E-state index contributed by atoms with van der Waals surface area (Å²) in [5.74, 6) is 0.622. The van der Waals surface area contributed by atoms with E-state index in [0.717, 1.165) is 26.2 Å². The van der Waals surface area contributed by atoms with Crippen molar-refractivity contribution < 1.29 is 9.53 Å². The lowest BCUT2D eigenvalue weighted by Gasteiger charge is -2.30. The number of nitrogens with one attached hydrogen (secondary N) is 1. The van der Waals surface area contributed by atoms with E-state index < -0.39 is 0 Å². The van der Waals surface area contributed by atoms with Gasteiger partial charge in [-0.2, -0.15) is 0 Å². The van der Waals surface area contributed by atoms with Gasteiger partial charge in [0.15, 0.2) is 0 Å². The molecule has 4 heteroatoms. The maximum atomic E-state index is 10.8. The molecule has 1 aliphatic heterocycles. The number of likely N-dealkylation sites (tertiary alicyclic amines) is 1. The predicted molar refractivity (Wildman–Crippen MR) is 55.2 cm³/mol. The zero-order chi connectivity index (χ0) is 10.4. The Morgan fingerprint density at radius 3 is 2.64 bits per heavy atom. The fourth-order valence-corrected chi connectivity index (χ4v) is 1.81. The number of hydrogen-bond donors (Lipinski definition) is 1. The second kappa shape index (κ2) is 5.86. The zero-order valence-electron chi connectivity index (χ0n) is 9.08. The van der Waals surface area contributed by atoms with Crippen molar-refractivity contribution in [2.75, 3.05) is 33.3 Å². The molecule has 0 saturated carbocycles. The fraction of sp³-hybridized carbons (Fsp3) is 0.900. The van der Waals surface area contributed by atoms with E-state index in [0.29, 0.717) is 5.92 Å². The topological polar surface area (TPSA) is 41.6 Å². The van der Waals surface area contributed by atoms with E-state index in [4.69, 9.17) is 0 Å². The van der Waals surface area contributed by atoms with Crippen molar-refractivity contribution in [1.29, 1.82) is 0 Å². The Morgan fingerprint density at radius 1 is 1.50 bits per heavy atom. The number of alkyl carbamates (subject to hydrolysis) is 1. The maximum absolute atomic E-state index is 10.8. The van der Waals surface area contributed by atoms with Crippen molar-refractivity contribution in [2.24, 2.45) is 5.92 Å². The lowest BCUT2D eigenvalue weighted by Crippen LogP contribution is -2.38. The van der Waals surface area contributed by atoms with Crippen molar-refractivity contribution in [1.82, 2.24) is 10.2 Å². The molecule has 0 aromatic heterocycles. The monoisotopic (exact) mass is 200 g/mol. The van der Waals surface area contributed by atoms with Crippen molar-refractivity contribution in [3.63, 3.8) is 0 Å². The Kier molecular flexibility index (Phi) is 4.73. The molecule has 0 radical (unpaired) electrons. The molecule has 0 bridgehead atoms. The van der Waals surface area contributed by atoms with E-state index in [1.807, 2.05) is 0 Å². The summed E-state index contributed by atoms with van der Waals surface area (Å²) in [5, 5.41) is 2.76. The van der Waals surface area contributed by atoms with Gasteiger partial charge in [0.05, 0.1) is 7.11 Å². The van der Waals surface area contributed by atoms with Crippen LogP contribution in [0.5, 0.6) is 0 Å². The first kappa shape index (κ1) is 11.3. The lowest BCUT2D eigenvalue weighted by molar-refractivity contribution is 0.159. The molecular formula is C10H20N2O2. The third kappa shape index (κ3) is 3.54. The summed E-state index contributed by atoms with van der Waals surface area (Å²) in [6.07, 6.45) is 2.04. The van der Waals surface area contributed by atoms with Gasteiger partial charge in [-0.3, -0.25) is 0 Å². The second-order valence-corrected chi connectivity index (χ2v) is 3.75. The Bertz CT molecular complexity index is 177. The quantitative estimate of drug-likeness (QED) is 0.741. The normalized spacial score (nSPS) is 19.3. The van der Waals surface area contributed by atoms with Gasteiger partial charge in [0.25, 0.3) is 0 Å². The Morgan fingerprint density at radius 2 is 2.14 bits per heavy atom. The van der Waals surface area contributed by atoms with Crippen LogP contribution in [-0.2, 0) is 4.74 Å². The number of nitrogens with zero attached hydrogens (tertiary/aromatic N) is 1. The third-order valence-electron chi connectivity index (χ3n) is 2.87. The van der Waals surface area contributed by atoms with E-state index in [-0.39, 0.29) is 6.09 Å². The molecular weight excluding hydrogens is 180 g/mol. The van der Waals surface area contributed by atoms with Crippen LogP contribution in [0.1, 0.15) is 19.8 Å². The summed E-state index contributed by atoms with van der Waals surface area (Å²) in [4.78, 5) is 13.3. The summed E-state index contributed by atoms with van der Waals surface area (Å²) in [6.45, 7) is 6.39. The van der Waals surface area contributed by atoms with Crippen LogP contribution in [0, 0.1) is 5.92 Å². The molecule has 1 fully saturated rings. The van der Waals surface area contributed by atoms with Gasteiger partial charge in [-0.1, -0.05) is 6.92 Å². The van der Waals surface area contributed by atoms with Gasteiger partial charge in [-0.05, 0) is 38.4 Å². The molecule has 82 valence electrons. The molecule has 1 aliphatic rings. The average molecular weight is 200 g/mol. The summed E-state index contributed by atoms with van der Waals surface area (Å²) in [7, 11) is 1.40. The first-order valence-corrected chi connectivity index (χ1v) is 5.30. The summed E-state index contributed by atoms with van der Waals surface area (Å²) < 4.78 is 4.52. The van der Waals surface area contributed by atoms with Crippen LogP contribution in [0.2, 0.25) is 0 Å². The number of ether oxygens (including phenoxy) is 1. The van der Waals surface area contributed by atoms with Crippen LogP contribution in [0.15, 0.2) is 0 Å². The van der Waals surface area contributed by atoms with Gasteiger partial charge in [-0.25, -0.2) is 4.79 Å². The van der Waals surface area contributed by atoms with E-state index in [1.165, 1.54) is 20.0 Å². The van der Waals surface area contributed by atoms with Crippen LogP contribution >= 0.6 is 0 Å². The molecule has 1 heterocycles. The molecule has 14 heavy (non-hydrogen) atoms. The van der Waals surface area contributed by atoms with Gasteiger partial charge < -0.3 is 15.0 Å². The van der Waals surface area contributed by atoms with E-state index in [9.17, 15) is 4.79 Å². The summed E-state index contributed by atoms with van der Waals surface area (Å²) >= 11 is 0. The van der Waals surface area contributed by atoms with E-state index >= 15 is 0 Å². The minimum atomic E-state index is -0.317. The number of hydrogen-bond acceptors (Lipinski definition) is 3. The molecule has 0 aromatic carbocycles. The Labute approximate surface area is 85.6 Å². The molecule has 0 spiro atoms. The van der Waals surface area contributed by atoms with Gasteiger partial charge in [0.1, 0.15) is 0 Å². The van der Waals surface area contributed by atoms with Crippen molar-refractivity contribution in [3.8, 4) is 0 Å². The van der Waals surface area contributed by atoms with Crippen molar-refractivity contribution in [3.05, 3.63) is 0 Å². The largest absolute Gasteiger partial charge is 0.453 e. The summed E-state index contributed by atoms with van der Waals surface area (Å²) in [5.41, 5.74) is 0. The maximum Gasteiger partial charge on any atom is 0.406 e. The van der Waals surface area contributed by atoms with Crippen LogP contribution in [0.25, 0.3) is 0 Å². The molecule has 0 unspecified atom stereocenters. The van der Waals surface area contributed by atoms with E-state index in [1.54, 1.807) is 0 Å². The van der Waals surface area contributed by atoms with Gasteiger partial charge >= 0.3 is 6.09 Å². The smallest absolute Gasteiger partial charge is 0.406 e. The number of rotatable bonds is 3. The molecule has 1 N–H and O–H groups in total. The Hall–Kier alpha value is -0.770. The highest BCUT2D eigenvalue weighted by atomic mass is 16.5. The molecule has 0 aliphatic carbocycles. The molecule has 4 nitrogen and oxygen atoms in total. The lowest BCUT2D eigenvalue weighted by atomic mass is 9.97. The SMILES string of the molecule is CCN1CCC(CNC(=O)OC)CC1. The number of methoxy groups -OCH3 is 1. The van der Waals surface area contributed by atoms with E-state index in [2.05, 4.69) is 21.9 Å². The second-order valence-electron chi connectivity index (χ2n) is 3.75. The first-order chi connectivity index (χ1) is 6.76. The number of carbonyl (C=O) groups is 1.